The van der Waals surface area contributed by atoms with Gasteiger partial charge in [0.1, 0.15) is 72.3 Å². The Morgan fingerprint density at radius 2 is 1.05 bits per heavy atom. The molecular weight excluding hydrogens is 1340 g/mol. The minimum Gasteiger partial charge on any atom is -0.394 e. The van der Waals surface area contributed by atoms with Crippen molar-refractivity contribution in [3.63, 3.8) is 0 Å². The molecule has 586 valence electrons. The van der Waals surface area contributed by atoms with Gasteiger partial charge in [0.05, 0.1) is 19.3 Å². The SMILES string of the molecule is C/C=C/C[C@@H](C)[C@@H](O)[C@H]1C(=O)N[C@@H](CC)C(=O)N(C)CC(=O)N(C)[C@@H](CC(C)C)C(=O)N[C@@H](C(C)C)C(=O)N(C)[C@@H](CC(C)C)C(=O)N[C@@H](C)C(=O)N[C@H](C)C(=O)N(C)[C@@H](CC(C)C)C(=O)N(C)[C@@H](CC(C)C)C(=O)N(C)[C@@H](C(C)C)C(=O)N1C.Nc1ccn([C@@H]2O[C@H](CO)[C@@H](O)C2(F)F)c(=O)n1. The molecular formula is C71H122F2N14O16. The Bertz CT molecular complexity index is 3150. The van der Waals surface area contributed by atoms with E-state index in [2.05, 4.69) is 26.3 Å². The fourth-order valence-electron chi connectivity index (χ4n) is 12.4. The minimum absolute atomic E-state index is 0.0229. The van der Waals surface area contributed by atoms with Gasteiger partial charge in [-0.05, 0) is 107 Å². The van der Waals surface area contributed by atoms with Gasteiger partial charge in [-0.1, -0.05) is 109 Å². The Morgan fingerprint density at radius 1 is 0.592 bits per heavy atom. The second-order valence-corrected chi connectivity index (χ2v) is 30.0. The molecule has 32 heteroatoms. The van der Waals surface area contributed by atoms with Gasteiger partial charge in [-0.3, -0.25) is 57.3 Å². The van der Waals surface area contributed by atoms with Crippen LogP contribution in [0, 0.1) is 41.4 Å². The summed E-state index contributed by atoms with van der Waals surface area (Å²) in [7, 11) is 9.92. The number of aromatic nitrogens is 2. The molecule has 9 N–H and O–H groups in total. The number of anilines is 1. The lowest BCUT2D eigenvalue weighted by Gasteiger charge is -2.41. The average molecular weight is 1470 g/mol. The number of nitrogens with zero attached hydrogens (tertiary/aromatic N) is 9. The van der Waals surface area contributed by atoms with E-state index in [0.717, 1.165) is 22.1 Å². The van der Waals surface area contributed by atoms with Crippen molar-refractivity contribution in [3.05, 3.63) is 34.9 Å². The molecule has 2 aliphatic rings. The molecule has 11 amide bonds. The number of nitrogen functional groups attached to an aromatic ring is 1. The Labute approximate surface area is 606 Å². The molecule has 103 heavy (non-hydrogen) atoms. The first kappa shape index (κ1) is 91.4. The summed E-state index contributed by atoms with van der Waals surface area (Å²) in [5.41, 5.74) is 4.21. The van der Waals surface area contributed by atoms with Crippen LogP contribution in [-0.4, -0.2) is 271 Å². The number of aliphatic hydroxyl groups excluding tert-OH is 3. The summed E-state index contributed by atoms with van der Waals surface area (Å²) in [5, 5.41) is 41.2. The lowest BCUT2D eigenvalue weighted by atomic mass is 9.91. The van der Waals surface area contributed by atoms with Gasteiger partial charge in [0, 0.05) is 55.5 Å². The van der Waals surface area contributed by atoms with E-state index in [4.69, 9.17) is 15.6 Å². The average Bonchev–Trinajstić information content (AvgIpc) is 1.64. The quantitative estimate of drug-likeness (QED) is 0.103. The van der Waals surface area contributed by atoms with Crippen molar-refractivity contribution in [2.24, 2.45) is 41.4 Å². The van der Waals surface area contributed by atoms with Crippen LogP contribution in [0.4, 0.5) is 14.6 Å². The number of halogens is 2. The number of rotatable bonds is 17. The largest absolute Gasteiger partial charge is 0.394 e. The number of likely N-dealkylation sites (N-methyl/N-ethyl adjacent to an activating group) is 7. The van der Waals surface area contributed by atoms with Gasteiger partial charge in [0.15, 0.2) is 6.10 Å². The fourth-order valence-corrected chi connectivity index (χ4v) is 12.4. The van der Waals surface area contributed by atoms with Crippen molar-refractivity contribution in [1.29, 1.82) is 0 Å². The fraction of sp³-hybridized carbons (Fsp3) is 0.761. The predicted molar refractivity (Wildman–Crippen MR) is 383 cm³/mol. The highest BCUT2D eigenvalue weighted by atomic mass is 19.3. The van der Waals surface area contributed by atoms with E-state index in [-0.39, 0.29) is 61.6 Å². The van der Waals surface area contributed by atoms with Gasteiger partial charge in [-0.2, -0.15) is 13.8 Å². The smallest absolute Gasteiger partial charge is 0.351 e. The molecule has 1 aromatic rings. The highest BCUT2D eigenvalue weighted by molar-refractivity contribution is 5.99. The number of hydrogen-bond acceptors (Lipinski definition) is 18. The first-order valence-corrected chi connectivity index (χ1v) is 35.6. The van der Waals surface area contributed by atoms with Crippen LogP contribution < -0.4 is 32.7 Å². The van der Waals surface area contributed by atoms with Crippen molar-refractivity contribution >= 4 is 70.8 Å². The minimum atomic E-state index is -3.71. The number of carbonyl (C=O) groups is 11. The summed E-state index contributed by atoms with van der Waals surface area (Å²) >= 11 is 0. The molecule has 0 spiro atoms. The van der Waals surface area contributed by atoms with Crippen molar-refractivity contribution in [2.45, 2.75) is 247 Å². The lowest BCUT2D eigenvalue weighted by Crippen LogP contribution is -2.63. The summed E-state index contributed by atoms with van der Waals surface area (Å²) in [6.45, 7) is 28.5. The molecule has 3 rings (SSSR count). The topological polar surface area (TPSA) is 389 Å². The van der Waals surface area contributed by atoms with Gasteiger partial charge in [-0.15, -0.1) is 0 Å². The number of nitrogens with two attached hydrogens (primary N) is 1. The van der Waals surface area contributed by atoms with Crippen molar-refractivity contribution in [1.82, 2.24) is 65.1 Å². The molecule has 30 nitrogen and oxygen atoms in total. The van der Waals surface area contributed by atoms with E-state index in [9.17, 15) is 66.9 Å². The molecule has 2 aliphatic heterocycles. The molecule has 1 aromatic heterocycles. The number of carbonyl (C=O) groups excluding carboxylic acids is 11. The van der Waals surface area contributed by atoms with Crippen LogP contribution in [0.2, 0.25) is 0 Å². The van der Waals surface area contributed by atoms with Crippen molar-refractivity contribution < 1.29 is 81.6 Å². The standard InChI is InChI=1S/C62H111N11O12.C9H11F2N3O4/c1-25-27-28-40(15)52(75)51-56(79)65-43(26-2)58(81)67(18)33-48(74)68(19)44(29-34(3)4)55(78)66-49(38(11)12)61(84)69(20)45(30-35(5)6)54(77)63-41(16)53(76)64-42(17)57(80)70(21)46(31-36(7)8)59(82)71(22)47(32-37(9)10)60(83)72(23)50(39(13)14)62(85)73(51)24;10-9(11)6(16)4(3-15)18-7(9)14-2-1-5(12)13-8(14)17/h25,27,34-47,49-52,75H,26,28-33H2,1-24H3,(H,63,77)(H,64,76)(H,65,79)(H,66,78);1-2,4,6-7,15-16H,3H2,(H2,12,13,17)/b27-25+;/t40-,41+,42-,43+,44+,45+,46+,47+,49+,50+,51+,52-;4-,6-,7-/m11/s1. The molecule has 15 atom stereocenters. The molecule has 0 bridgehead atoms. The van der Waals surface area contributed by atoms with E-state index in [1.165, 1.54) is 87.7 Å². The second-order valence-electron chi connectivity index (χ2n) is 30.0. The van der Waals surface area contributed by atoms with Crippen LogP contribution >= 0.6 is 0 Å². The third-order valence-electron chi connectivity index (χ3n) is 18.7. The Kier molecular flexibility index (Phi) is 36.0. The van der Waals surface area contributed by atoms with Crippen LogP contribution in [0.25, 0.3) is 0 Å². The zero-order valence-corrected chi connectivity index (χ0v) is 65.1. The summed E-state index contributed by atoms with van der Waals surface area (Å²) in [4.78, 5) is 183. The Morgan fingerprint density at radius 3 is 1.50 bits per heavy atom. The first-order valence-electron chi connectivity index (χ1n) is 35.6. The maximum atomic E-state index is 15.1. The van der Waals surface area contributed by atoms with Crippen LogP contribution in [0.15, 0.2) is 29.2 Å². The molecule has 2 saturated heterocycles. The maximum Gasteiger partial charge on any atom is 0.351 e. The van der Waals surface area contributed by atoms with E-state index < -0.39 is 192 Å². The zero-order chi connectivity index (χ0) is 79.5. The summed E-state index contributed by atoms with van der Waals surface area (Å²) in [6, 6.07) is -11.2. The molecule has 3 heterocycles. The van der Waals surface area contributed by atoms with Gasteiger partial charge >= 0.3 is 11.6 Å². The van der Waals surface area contributed by atoms with Gasteiger partial charge in [-0.25, -0.2) is 4.79 Å². The van der Waals surface area contributed by atoms with Gasteiger partial charge in [0.2, 0.25) is 71.2 Å². The number of amides is 11. The zero-order valence-electron chi connectivity index (χ0n) is 65.1. The normalized spacial score (nSPS) is 27.5. The van der Waals surface area contributed by atoms with E-state index in [1.807, 2.05) is 61.5 Å². The predicted octanol–water partition coefficient (Wildman–Crippen LogP) is 1.98. The van der Waals surface area contributed by atoms with E-state index >= 15 is 9.59 Å². The molecule has 2 fully saturated rings. The molecule has 0 radical (unpaired) electrons. The van der Waals surface area contributed by atoms with Crippen molar-refractivity contribution in [3.8, 4) is 0 Å². The molecule has 0 unspecified atom stereocenters. The number of allylic oxidation sites excluding steroid dienone is 2. The van der Waals surface area contributed by atoms with Gasteiger partial charge < -0.3 is 81.4 Å². The van der Waals surface area contributed by atoms with Crippen LogP contribution in [0.1, 0.15) is 162 Å². The molecule has 0 aliphatic carbocycles. The number of ether oxygens (including phenoxy) is 1. The second kappa shape index (κ2) is 40.5. The third kappa shape index (κ3) is 24.4. The Balaban J connectivity index is 0.00000171. The maximum absolute atomic E-state index is 15.1. The van der Waals surface area contributed by atoms with Crippen LogP contribution in [0.5, 0.6) is 0 Å². The van der Waals surface area contributed by atoms with E-state index in [0.29, 0.717) is 11.0 Å². The number of alkyl halides is 2. The molecule has 0 aromatic carbocycles. The lowest BCUT2D eigenvalue weighted by molar-refractivity contribution is -0.157. The molecule has 0 saturated carbocycles. The monoisotopic (exact) mass is 1460 g/mol. The van der Waals surface area contributed by atoms with Crippen LogP contribution in [0.3, 0.4) is 0 Å². The van der Waals surface area contributed by atoms with E-state index in [1.54, 1.807) is 54.5 Å². The summed E-state index contributed by atoms with van der Waals surface area (Å²) in [6.07, 6.45) is -1.64. The number of aliphatic hydroxyl groups is 3. The first-order chi connectivity index (χ1) is 47.6. The summed E-state index contributed by atoms with van der Waals surface area (Å²) < 4.78 is 32.7. The highest BCUT2D eigenvalue weighted by Gasteiger charge is 2.59. The van der Waals surface area contributed by atoms with Gasteiger partial charge in [0.25, 0.3) is 0 Å². The Hall–Kier alpha value is -7.71. The van der Waals surface area contributed by atoms with Crippen molar-refractivity contribution in [2.75, 3.05) is 68.2 Å². The number of nitrogens with one attached hydrogen (secondary N) is 4. The summed E-state index contributed by atoms with van der Waals surface area (Å²) in [5.74, 6) is -13.5. The third-order valence-corrected chi connectivity index (χ3v) is 18.7. The van der Waals surface area contributed by atoms with Crippen LogP contribution in [-0.2, 0) is 57.5 Å². The highest BCUT2D eigenvalue weighted by Crippen LogP contribution is 2.42. The number of hydrogen-bond donors (Lipinski definition) is 8.